The summed E-state index contributed by atoms with van der Waals surface area (Å²) >= 11 is 15.5. The minimum atomic E-state index is 0.0629. The van der Waals surface area contributed by atoms with Crippen LogP contribution < -0.4 is 5.32 Å². The van der Waals surface area contributed by atoms with Crippen molar-refractivity contribution in [1.29, 1.82) is 0 Å². The first-order chi connectivity index (χ1) is 8.13. The molecule has 1 rings (SSSR count). The standard InChI is InChI=1S/C12H16BrCl2NO/c1-17-8-11(14)4-5-16-7-9-2-3-10(13)6-12(9)15/h2-3,6,11,16H,4-5,7-8H2,1H3. The Morgan fingerprint density at radius 2 is 2.24 bits per heavy atom. The molecule has 0 saturated carbocycles. The van der Waals surface area contributed by atoms with Gasteiger partial charge in [0.1, 0.15) is 0 Å². The van der Waals surface area contributed by atoms with Gasteiger partial charge in [0.2, 0.25) is 0 Å². The number of benzene rings is 1. The van der Waals surface area contributed by atoms with E-state index in [-0.39, 0.29) is 5.38 Å². The molecule has 1 N–H and O–H groups in total. The number of alkyl halides is 1. The fourth-order valence-corrected chi connectivity index (χ4v) is 2.39. The van der Waals surface area contributed by atoms with Gasteiger partial charge >= 0.3 is 0 Å². The quantitative estimate of drug-likeness (QED) is 0.601. The Morgan fingerprint density at radius 1 is 1.47 bits per heavy atom. The van der Waals surface area contributed by atoms with Crippen molar-refractivity contribution in [3.63, 3.8) is 0 Å². The molecule has 1 unspecified atom stereocenters. The molecule has 0 heterocycles. The number of nitrogens with one attached hydrogen (secondary N) is 1. The van der Waals surface area contributed by atoms with E-state index >= 15 is 0 Å². The molecule has 2 nitrogen and oxygen atoms in total. The van der Waals surface area contributed by atoms with E-state index in [1.807, 2.05) is 18.2 Å². The van der Waals surface area contributed by atoms with Crippen molar-refractivity contribution in [2.45, 2.75) is 18.3 Å². The molecule has 1 aromatic rings. The Kier molecular flexibility index (Phi) is 7.47. The third-order valence-corrected chi connectivity index (χ3v) is 3.50. The number of hydrogen-bond donors (Lipinski definition) is 1. The molecular weight excluding hydrogens is 325 g/mol. The zero-order chi connectivity index (χ0) is 12.7. The maximum absolute atomic E-state index is 6.10. The molecule has 0 aliphatic rings. The third-order valence-electron chi connectivity index (χ3n) is 2.31. The van der Waals surface area contributed by atoms with Gasteiger partial charge in [-0.2, -0.15) is 0 Å². The number of halogens is 3. The van der Waals surface area contributed by atoms with E-state index in [1.165, 1.54) is 0 Å². The van der Waals surface area contributed by atoms with Crippen LogP contribution in [0.15, 0.2) is 22.7 Å². The van der Waals surface area contributed by atoms with Crippen LogP contribution in [0.1, 0.15) is 12.0 Å². The Bertz CT molecular complexity index is 349. The first kappa shape index (κ1) is 15.3. The molecule has 0 amide bonds. The van der Waals surface area contributed by atoms with E-state index in [0.29, 0.717) is 6.61 Å². The lowest BCUT2D eigenvalue weighted by Crippen LogP contribution is -2.20. The Labute approximate surface area is 121 Å². The van der Waals surface area contributed by atoms with Crippen LogP contribution in [0, 0.1) is 0 Å². The second-order valence-corrected chi connectivity index (χ2v) is 5.69. The molecule has 0 radical (unpaired) electrons. The molecule has 0 bridgehead atoms. The van der Waals surface area contributed by atoms with Crippen molar-refractivity contribution in [1.82, 2.24) is 5.32 Å². The van der Waals surface area contributed by atoms with Crippen molar-refractivity contribution < 1.29 is 4.74 Å². The zero-order valence-corrected chi connectivity index (χ0v) is 12.8. The van der Waals surface area contributed by atoms with Crippen LogP contribution in [0.4, 0.5) is 0 Å². The summed E-state index contributed by atoms with van der Waals surface area (Å²) < 4.78 is 5.96. The lowest BCUT2D eigenvalue weighted by molar-refractivity contribution is 0.195. The van der Waals surface area contributed by atoms with Crippen LogP contribution in [-0.4, -0.2) is 25.6 Å². The van der Waals surface area contributed by atoms with Gasteiger partial charge in [0.15, 0.2) is 0 Å². The van der Waals surface area contributed by atoms with Crippen LogP contribution in [-0.2, 0) is 11.3 Å². The van der Waals surface area contributed by atoms with E-state index in [0.717, 1.165) is 34.6 Å². The highest BCUT2D eigenvalue weighted by Crippen LogP contribution is 2.21. The molecule has 0 fully saturated rings. The van der Waals surface area contributed by atoms with Gasteiger partial charge < -0.3 is 10.1 Å². The molecule has 1 atom stereocenters. The topological polar surface area (TPSA) is 21.3 Å². The third kappa shape index (κ3) is 6.07. The minimum absolute atomic E-state index is 0.0629. The number of ether oxygens (including phenoxy) is 1. The van der Waals surface area contributed by atoms with Crippen molar-refractivity contribution in [2.24, 2.45) is 0 Å². The average molecular weight is 341 g/mol. The van der Waals surface area contributed by atoms with E-state index < -0.39 is 0 Å². The van der Waals surface area contributed by atoms with Gasteiger partial charge in [0.05, 0.1) is 12.0 Å². The molecule has 0 saturated heterocycles. The fraction of sp³-hybridized carbons (Fsp3) is 0.500. The monoisotopic (exact) mass is 339 g/mol. The maximum Gasteiger partial charge on any atom is 0.0626 e. The molecule has 0 aliphatic heterocycles. The molecule has 5 heteroatoms. The summed E-state index contributed by atoms with van der Waals surface area (Å²) in [5.74, 6) is 0. The SMILES string of the molecule is COCC(Cl)CCNCc1ccc(Br)cc1Cl. The largest absolute Gasteiger partial charge is 0.383 e. The highest BCUT2D eigenvalue weighted by molar-refractivity contribution is 9.10. The van der Waals surface area contributed by atoms with Crippen LogP contribution in [0.25, 0.3) is 0 Å². The molecule has 17 heavy (non-hydrogen) atoms. The normalized spacial score (nSPS) is 12.7. The van der Waals surface area contributed by atoms with E-state index in [2.05, 4.69) is 21.2 Å². The predicted octanol–water partition coefficient (Wildman–Crippen LogP) is 3.84. The van der Waals surface area contributed by atoms with Crippen LogP contribution in [0.3, 0.4) is 0 Å². The average Bonchev–Trinajstić information content (AvgIpc) is 2.27. The van der Waals surface area contributed by atoms with Crippen molar-refractivity contribution in [3.05, 3.63) is 33.3 Å². The zero-order valence-electron chi connectivity index (χ0n) is 9.68. The second-order valence-electron chi connectivity index (χ2n) is 3.75. The van der Waals surface area contributed by atoms with Gasteiger partial charge in [-0.1, -0.05) is 33.6 Å². The number of rotatable bonds is 7. The Morgan fingerprint density at radius 3 is 2.88 bits per heavy atom. The summed E-state index contributed by atoms with van der Waals surface area (Å²) in [5.41, 5.74) is 1.09. The minimum Gasteiger partial charge on any atom is -0.383 e. The Balaban J connectivity index is 2.26. The van der Waals surface area contributed by atoms with Gasteiger partial charge in [-0.3, -0.25) is 0 Å². The number of methoxy groups -OCH3 is 1. The summed E-state index contributed by atoms with van der Waals surface area (Å²) in [4.78, 5) is 0. The maximum atomic E-state index is 6.10. The van der Waals surface area contributed by atoms with Crippen LogP contribution >= 0.6 is 39.1 Å². The van der Waals surface area contributed by atoms with Crippen molar-refractivity contribution in [2.75, 3.05) is 20.3 Å². The lowest BCUT2D eigenvalue weighted by Gasteiger charge is -2.10. The first-order valence-corrected chi connectivity index (χ1v) is 7.02. The van der Waals surface area contributed by atoms with Gasteiger partial charge in [-0.05, 0) is 30.7 Å². The summed E-state index contributed by atoms with van der Waals surface area (Å²) in [6.45, 7) is 2.19. The highest BCUT2D eigenvalue weighted by atomic mass is 79.9. The van der Waals surface area contributed by atoms with Gasteiger partial charge in [0, 0.05) is 23.1 Å². The van der Waals surface area contributed by atoms with Gasteiger partial charge in [-0.15, -0.1) is 11.6 Å². The lowest BCUT2D eigenvalue weighted by atomic mass is 10.2. The van der Waals surface area contributed by atoms with Gasteiger partial charge in [0.25, 0.3) is 0 Å². The molecule has 96 valence electrons. The summed E-state index contributed by atoms with van der Waals surface area (Å²) in [6, 6.07) is 5.89. The predicted molar refractivity (Wildman–Crippen MR) is 77.0 cm³/mol. The highest BCUT2D eigenvalue weighted by Gasteiger charge is 2.04. The first-order valence-electron chi connectivity index (χ1n) is 5.41. The summed E-state index contributed by atoms with van der Waals surface area (Å²) in [7, 11) is 1.66. The fourth-order valence-electron chi connectivity index (χ4n) is 1.41. The molecule has 0 aliphatic carbocycles. The summed E-state index contributed by atoms with van der Waals surface area (Å²) in [6.07, 6.45) is 0.879. The number of hydrogen-bond acceptors (Lipinski definition) is 2. The van der Waals surface area contributed by atoms with E-state index in [4.69, 9.17) is 27.9 Å². The Hall–Kier alpha value is 0.200. The van der Waals surface area contributed by atoms with Gasteiger partial charge in [-0.25, -0.2) is 0 Å². The van der Waals surface area contributed by atoms with Crippen LogP contribution in [0.2, 0.25) is 5.02 Å². The van der Waals surface area contributed by atoms with Crippen LogP contribution in [0.5, 0.6) is 0 Å². The molecule has 0 spiro atoms. The van der Waals surface area contributed by atoms with E-state index in [9.17, 15) is 0 Å². The molecular formula is C12H16BrCl2NO. The molecule has 0 aromatic heterocycles. The smallest absolute Gasteiger partial charge is 0.0626 e. The molecule has 1 aromatic carbocycles. The van der Waals surface area contributed by atoms with Crippen molar-refractivity contribution in [3.8, 4) is 0 Å². The van der Waals surface area contributed by atoms with Crippen molar-refractivity contribution >= 4 is 39.1 Å². The second kappa shape index (κ2) is 8.33. The van der Waals surface area contributed by atoms with E-state index in [1.54, 1.807) is 7.11 Å². The summed E-state index contributed by atoms with van der Waals surface area (Å²) in [5, 5.41) is 4.14.